The van der Waals surface area contributed by atoms with Crippen LogP contribution in [-0.2, 0) is 14.3 Å². The van der Waals surface area contributed by atoms with Gasteiger partial charge in [0.15, 0.2) is 0 Å². The van der Waals surface area contributed by atoms with E-state index in [-0.39, 0.29) is 5.92 Å². The number of hydrogen-bond donors (Lipinski definition) is 1. The number of nitrogens with zero attached hydrogens (tertiary/aromatic N) is 2. The molecule has 2 atom stereocenters. The van der Waals surface area contributed by atoms with E-state index in [1.807, 2.05) is 0 Å². The van der Waals surface area contributed by atoms with Crippen molar-refractivity contribution in [2.24, 2.45) is 11.8 Å². The predicted octanol–water partition coefficient (Wildman–Crippen LogP) is 1.22. The van der Waals surface area contributed by atoms with Gasteiger partial charge in [0, 0.05) is 0 Å². The van der Waals surface area contributed by atoms with E-state index in [9.17, 15) is 14.7 Å². The second-order valence-corrected chi connectivity index (χ2v) is 5.84. The number of Topliss-reactive ketones (excluding diaryl/α,β-unsaturated/α-hetero) is 1. The third kappa shape index (κ3) is 5.32. The lowest BCUT2D eigenvalue weighted by molar-refractivity contribution is -0.152. The van der Waals surface area contributed by atoms with Crippen LogP contribution in [0.25, 0.3) is 5.53 Å². The molecule has 0 saturated carbocycles. The van der Waals surface area contributed by atoms with Crippen LogP contribution in [0.4, 0.5) is 0 Å². The summed E-state index contributed by atoms with van der Waals surface area (Å²) >= 11 is 0. The number of rotatable bonds is 5. The highest BCUT2D eigenvalue weighted by molar-refractivity contribution is 6.62. The largest absolute Gasteiger partial charge is 0.451 e. The molecule has 108 valence electrons. The highest BCUT2D eigenvalue weighted by Crippen LogP contribution is 2.15. The molecule has 6 nitrogen and oxygen atoms in total. The molecule has 0 aromatic carbocycles. The van der Waals surface area contributed by atoms with Crippen LogP contribution in [0.3, 0.4) is 0 Å². The van der Waals surface area contributed by atoms with E-state index in [0.29, 0.717) is 0 Å². The van der Waals surface area contributed by atoms with Crippen molar-refractivity contribution in [1.29, 1.82) is 0 Å². The molecular weight excluding hydrogens is 248 g/mol. The van der Waals surface area contributed by atoms with Crippen LogP contribution >= 0.6 is 0 Å². The standard InChI is InChI=1S/C13H22N2O4/c1-7(2)10(16)8(3)11(17)9(15-14)12(18)19-13(4,5)6/h7-8,10,16H,1-6H3/t8-,10+/m1/s1. The minimum Gasteiger partial charge on any atom is -0.451 e. The monoisotopic (exact) mass is 270 g/mol. The summed E-state index contributed by atoms with van der Waals surface area (Å²) in [7, 11) is 0. The van der Waals surface area contributed by atoms with E-state index in [1.54, 1.807) is 34.6 Å². The van der Waals surface area contributed by atoms with Crippen molar-refractivity contribution < 1.29 is 24.2 Å². The van der Waals surface area contributed by atoms with Gasteiger partial charge >= 0.3 is 11.7 Å². The van der Waals surface area contributed by atoms with Gasteiger partial charge in [-0.1, -0.05) is 20.8 Å². The Morgan fingerprint density at radius 1 is 1.21 bits per heavy atom. The molecule has 0 aliphatic heterocycles. The number of carbonyl (C=O) groups is 2. The van der Waals surface area contributed by atoms with Gasteiger partial charge < -0.3 is 15.4 Å². The van der Waals surface area contributed by atoms with Crippen LogP contribution in [-0.4, -0.2) is 39.1 Å². The summed E-state index contributed by atoms with van der Waals surface area (Å²) in [6.07, 6.45) is -0.924. The molecular formula is C13H22N2O4. The highest BCUT2D eigenvalue weighted by atomic mass is 16.6. The fraction of sp³-hybridized carbons (Fsp3) is 0.769. The van der Waals surface area contributed by atoms with E-state index < -0.39 is 35.1 Å². The average molecular weight is 270 g/mol. The maximum Gasteiger partial charge on any atom is 0.441 e. The molecule has 0 saturated heterocycles. The molecule has 0 heterocycles. The number of esters is 1. The van der Waals surface area contributed by atoms with Gasteiger partial charge in [0.1, 0.15) is 5.60 Å². The van der Waals surface area contributed by atoms with E-state index in [0.717, 1.165) is 0 Å². The van der Waals surface area contributed by atoms with E-state index >= 15 is 0 Å². The first-order chi connectivity index (χ1) is 8.51. The molecule has 6 heteroatoms. The zero-order chi connectivity index (χ0) is 15.4. The Morgan fingerprint density at radius 2 is 1.68 bits per heavy atom. The van der Waals surface area contributed by atoms with Crippen LogP contribution in [0.1, 0.15) is 41.5 Å². The van der Waals surface area contributed by atoms with Gasteiger partial charge in [-0.25, -0.2) is 4.79 Å². The molecule has 0 rings (SSSR count). The van der Waals surface area contributed by atoms with E-state index in [4.69, 9.17) is 10.3 Å². The third-order valence-corrected chi connectivity index (χ3v) is 2.53. The molecule has 0 aliphatic carbocycles. The topological polar surface area (TPSA) is 100 Å². The molecule has 0 unspecified atom stereocenters. The van der Waals surface area contributed by atoms with Crippen LogP contribution in [0, 0.1) is 11.8 Å². The minimum absolute atomic E-state index is 0.155. The SMILES string of the molecule is CC(C)[C@H](O)[C@@H](C)C(=O)C(=[N+]=[N-])C(=O)OC(C)(C)C. The zero-order valence-electron chi connectivity index (χ0n) is 12.3. The molecule has 0 aliphatic rings. The summed E-state index contributed by atoms with van der Waals surface area (Å²) in [5, 5.41) is 9.81. The second-order valence-electron chi connectivity index (χ2n) is 5.84. The molecule has 0 spiro atoms. The number of hydrogen-bond acceptors (Lipinski definition) is 4. The average Bonchev–Trinajstić information content (AvgIpc) is 2.25. The first-order valence-electron chi connectivity index (χ1n) is 6.19. The minimum atomic E-state index is -0.997. The molecule has 0 radical (unpaired) electrons. The zero-order valence-corrected chi connectivity index (χ0v) is 12.3. The van der Waals surface area contributed by atoms with Gasteiger partial charge in [0.05, 0.1) is 12.0 Å². The van der Waals surface area contributed by atoms with Gasteiger partial charge in [0.2, 0.25) is 0 Å². The summed E-state index contributed by atoms with van der Waals surface area (Å²) in [5.74, 6) is -2.74. The number of ether oxygens (including phenoxy) is 1. The van der Waals surface area contributed by atoms with Gasteiger partial charge in [-0.3, -0.25) is 4.79 Å². The van der Waals surface area contributed by atoms with Crippen LogP contribution in [0.15, 0.2) is 0 Å². The van der Waals surface area contributed by atoms with Crippen molar-refractivity contribution in [3.63, 3.8) is 0 Å². The fourth-order valence-electron chi connectivity index (χ4n) is 1.47. The van der Waals surface area contributed by atoms with Gasteiger partial charge in [0.25, 0.3) is 5.78 Å². The van der Waals surface area contributed by atoms with Crippen molar-refractivity contribution in [2.45, 2.75) is 53.2 Å². The quantitative estimate of drug-likeness (QED) is 0.267. The summed E-state index contributed by atoms with van der Waals surface area (Å²) in [5.41, 5.74) is 7.33. The Bertz CT molecular complexity index is 403. The Kier molecular flexibility index (Phi) is 6.06. The van der Waals surface area contributed by atoms with E-state index in [1.165, 1.54) is 6.92 Å². The van der Waals surface area contributed by atoms with Gasteiger partial charge in [-0.15, -0.1) is 0 Å². The van der Waals surface area contributed by atoms with Crippen molar-refractivity contribution in [2.75, 3.05) is 0 Å². The van der Waals surface area contributed by atoms with Crippen molar-refractivity contribution >= 4 is 17.5 Å². The number of ketones is 1. The summed E-state index contributed by atoms with van der Waals surface area (Å²) in [4.78, 5) is 26.4. The van der Waals surface area contributed by atoms with Crippen LogP contribution in [0.2, 0.25) is 0 Å². The lowest BCUT2D eigenvalue weighted by Gasteiger charge is -2.20. The normalized spacial score (nSPS) is 14.5. The van der Waals surface area contributed by atoms with E-state index in [2.05, 4.69) is 4.79 Å². The molecule has 0 aromatic heterocycles. The smallest absolute Gasteiger partial charge is 0.441 e. The fourth-order valence-corrected chi connectivity index (χ4v) is 1.47. The molecule has 0 aromatic rings. The highest BCUT2D eigenvalue weighted by Gasteiger charge is 2.39. The molecule has 1 N–H and O–H groups in total. The molecule has 0 amide bonds. The molecule has 19 heavy (non-hydrogen) atoms. The van der Waals surface area contributed by atoms with Crippen molar-refractivity contribution in [3.8, 4) is 0 Å². The first-order valence-corrected chi connectivity index (χ1v) is 6.19. The maximum atomic E-state index is 12.0. The second kappa shape index (κ2) is 6.59. The Hall–Kier alpha value is -1.52. The lowest BCUT2D eigenvalue weighted by atomic mass is 9.89. The van der Waals surface area contributed by atoms with Crippen molar-refractivity contribution in [3.05, 3.63) is 5.53 Å². The summed E-state index contributed by atoms with van der Waals surface area (Å²) in [6, 6.07) is 0. The number of carbonyl (C=O) groups excluding carboxylic acids is 2. The summed E-state index contributed by atoms with van der Waals surface area (Å²) < 4.78 is 4.97. The van der Waals surface area contributed by atoms with Crippen molar-refractivity contribution in [1.82, 2.24) is 0 Å². The lowest BCUT2D eigenvalue weighted by Crippen LogP contribution is -2.40. The van der Waals surface area contributed by atoms with Gasteiger partial charge in [-0.05, 0) is 26.7 Å². The molecule has 0 fully saturated rings. The Balaban J connectivity index is 5.05. The summed E-state index contributed by atoms with van der Waals surface area (Å²) in [6.45, 7) is 9.88. The number of aliphatic hydroxyl groups excluding tert-OH is 1. The number of aliphatic hydroxyl groups is 1. The molecule has 0 bridgehead atoms. The van der Waals surface area contributed by atoms with Gasteiger partial charge in [-0.2, -0.15) is 4.79 Å². The maximum absolute atomic E-state index is 12.0. The predicted molar refractivity (Wildman–Crippen MR) is 69.5 cm³/mol. The Labute approximate surface area is 113 Å². The first kappa shape index (κ1) is 17.5. The Morgan fingerprint density at radius 3 is 2.00 bits per heavy atom. The van der Waals surface area contributed by atoms with Crippen LogP contribution in [0.5, 0.6) is 0 Å². The third-order valence-electron chi connectivity index (χ3n) is 2.53. The van der Waals surface area contributed by atoms with Crippen LogP contribution < -0.4 is 0 Å².